The maximum atomic E-state index is 5.64. The number of nitrogens with one attached hydrogen (secondary N) is 1. The molecule has 1 aliphatic heterocycles. The first kappa shape index (κ1) is 21.2. The summed E-state index contributed by atoms with van der Waals surface area (Å²) < 4.78 is 12.7. The fourth-order valence-electron chi connectivity index (χ4n) is 2.77. The van der Waals surface area contributed by atoms with Crippen molar-refractivity contribution < 1.29 is 9.47 Å². The normalized spacial score (nSPS) is 17.8. The van der Waals surface area contributed by atoms with Crippen molar-refractivity contribution in [3.8, 4) is 0 Å². The average Bonchev–Trinajstić information content (AvgIpc) is 3.23. The number of rotatable bonds is 9. The maximum Gasteiger partial charge on any atom is 0.193 e. The van der Waals surface area contributed by atoms with Gasteiger partial charge in [-0.1, -0.05) is 0 Å². The van der Waals surface area contributed by atoms with Gasteiger partial charge in [0.05, 0.1) is 26.1 Å². The minimum atomic E-state index is 0. The Morgan fingerprint density at radius 2 is 2.29 bits per heavy atom. The molecule has 1 atom stereocenters. The van der Waals surface area contributed by atoms with Gasteiger partial charge in [0.2, 0.25) is 0 Å². The number of methoxy groups -OCH3 is 1. The molecule has 0 amide bonds. The minimum absolute atomic E-state index is 0. The Balaban J connectivity index is 0.00000288. The molecule has 7 nitrogen and oxygen atoms in total. The van der Waals surface area contributed by atoms with Gasteiger partial charge < -0.3 is 24.3 Å². The molecule has 2 heterocycles. The van der Waals surface area contributed by atoms with Crippen LogP contribution in [-0.4, -0.2) is 74.0 Å². The summed E-state index contributed by atoms with van der Waals surface area (Å²) >= 11 is 0. The Kier molecular flexibility index (Phi) is 11.0. The van der Waals surface area contributed by atoms with Crippen LogP contribution in [0, 0.1) is 5.92 Å². The lowest BCUT2D eigenvalue weighted by Gasteiger charge is -2.21. The van der Waals surface area contributed by atoms with Gasteiger partial charge in [-0.05, 0) is 12.8 Å². The summed E-state index contributed by atoms with van der Waals surface area (Å²) in [4.78, 5) is 10.8. The maximum absolute atomic E-state index is 5.64. The van der Waals surface area contributed by atoms with E-state index >= 15 is 0 Å². The number of likely N-dealkylation sites (tertiary alicyclic amines) is 1. The van der Waals surface area contributed by atoms with E-state index in [2.05, 4.69) is 24.8 Å². The van der Waals surface area contributed by atoms with Gasteiger partial charge in [0, 0.05) is 58.6 Å². The van der Waals surface area contributed by atoms with Crippen LogP contribution in [-0.2, 0) is 16.0 Å². The third-order valence-electron chi connectivity index (χ3n) is 4.02. The van der Waals surface area contributed by atoms with Crippen LogP contribution in [0.1, 0.15) is 12.8 Å². The molecule has 0 saturated carbocycles. The molecule has 1 aromatic heterocycles. The third kappa shape index (κ3) is 7.35. The van der Waals surface area contributed by atoms with Crippen LogP contribution in [0.25, 0.3) is 0 Å². The lowest BCUT2D eigenvalue weighted by atomic mass is 10.1. The zero-order valence-electron chi connectivity index (χ0n) is 14.7. The van der Waals surface area contributed by atoms with Crippen LogP contribution in [0.15, 0.2) is 23.7 Å². The molecule has 0 radical (unpaired) electrons. The molecule has 24 heavy (non-hydrogen) atoms. The first-order valence-corrected chi connectivity index (χ1v) is 8.31. The molecule has 1 aliphatic rings. The first-order valence-electron chi connectivity index (χ1n) is 8.31. The van der Waals surface area contributed by atoms with Crippen molar-refractivity contribution in [2.45, 2.75) is 19.4 Å². The molecule has 1 saturated heterocycles. The number of imidazole rings is 1. The van der Waals surface area contributed by atoms with Crippen LogP contribution in [0.2, 0.25) is 0 Å². The quantitative estimate of drug-likeness (QED) is 0.267. The summed E-state index contributed by atoms with van der Waals surface area (Å²) in [5.41, 5.74) is 0. The van der Waals surface area contributed by atoms with E-state index in [0.29, 0.717) is 19.1 Å². The van der Waals surface area contributed by atoms with E-state index in [1.165, 1.54) is 0 Å². The van der Waals surface area contributed by atoms with E-state index in [4.69, 9.17) is 9.47 Å². The molecule has 0 aromatic carbocycles. The zero-order valence-corrected chi connectivity index (χ0v) is 17.0. The number of aryl methyl sites for hydroxylation is 1. The predicted octanol–water partition coefficient (Wildman–Crippen LogP) is 1.45. The summed E-state index contributed by atoms with van der Waals surface area (Å²) in [6.45, 7) is 6.08. The van der Waals surface area contributed by atoms with Crippen molar-refractivity contribution >= 4 is 29.9 Å². The van der Waals surface area contributed by atoms with Gasteiger partial charge in [0.25, 0.3) is 0 Å². The summed E-state index contributed by atoms with van der Waals surface area (Å²) in [5.74, 6) is 1.58. The summed E-state index contributed by atoms with van der Waals surface area (Å²) in [5, 5.41) is 3.45. The highest BCUT2D eigenvalue weighted by atomic mass is 127. The third-order valence-corrected chi connectivity index (χ3v) is 4.02. The van der Waals surface area contributed by atoms with Gasteiger partial charge in [0.1, 0.15) is 0 Å². The first-order chi connectivity index (χ1) is 11.3. The fraction of sp³-hybridized carbons (Fsp3) is 0.750. The van der Waals surface area contributed by atoms with Crippen LogP contribution in [0.5, 0.6) is 0 Å². The smallest absolute Gasteiger partial charge is 0.193 e. The average molecular weight is 451 g/mol. The molecule has 138 valence electrons. The largest absolute Gasteiger partial charge is 0.382 e. The Morgan fingerprint density at radius 1 is 1.42 bits per heavy atom. The fourth-order valence-corrected chi connectivity index (χ4v) is 2.77. The molecule has 0 aliphatic carbocycles. The van der Waals surface area contributed by atoms with Gasteiger partial charge in [-0.3, -0.25) is 4.99 Å². The highest BCUT2D eigenvalue weighted by Crippen LogP contribution is 2.16. The molecule has 1 unspecified atom stereocenters. The van der Waals surface area contributed by atoms with Crippen LogP contribution in [0.3, 0.4) is 0 Å². The van der Waals surface area contributed by atoms with E-state index in [1.54, 1.807) is 7.11 Å². The Hall–Kier alpha value is -0.870. The van der Waals surface area contributed by atoms with E-state index in [0.717, 1.165) is 51.6 Å². The van der Waals surface area contributed by atoms with Gasteiger partial charge in [-0.25, -0.2) is 4.98 Å². The Bertz CT molecular complexity index is 455. The standard InChI is InChI=1S/C16H29N5O2.HI/c1-17-16(19-5-3-7-20-9-6-18-14-20)21-8-4-15(12-21)13-23-11-10-22-2;/h6,9,14-15H,3-5,7-8,10-13H2,1-2H3,(H,17,19);1H. The van der Waals surface area contributed by atoms with Crippen molar-refractivity contribution in [1.82, 2.24) is 19.8 Å². The molecular weight excluding hydrogens is 421 g/mol. The number of hydrogen-bond acceptors (Lipinski definition) is 4. The van der Waals surface area contributed by atoms with Crippen molar-refractivity contribution in [2.75, 3.05) is 53.6 Å². The van der Waals surface area contributed by atoms with E-state index in [-0.39, 0.29) is 24.0 Å². The van der Waals surface area contributed by atoms with Crippen molar-refractivity contribution in [1.29, 1.82) is 0 Å². The number of ether oxygens (including phenoxy) is 2. The van der Waals surface area contributed by atoms with Crippen LogP contribution >= 0.6 is 24.0 Å². The molecule has 0 bridgehead atoms. The lowest BCUT2D eigenvalue weighted by Crippen LogP contribution is -2.40. The van der Waals surface area contributed by atoms with Gasteiger partial charge in [0.15, 0.2) is 5.96 Å². The Morgan fingerprint density at radius 3 is 3.00 bits per heavy atom. The second-order valence-electron chi connectivity index (χ2n) is 5.80. The topological polar surface area (TPSA) is 63.9 Å². The zero-order chi connectivity index (χ0) is 16.3. The molecule has 2 rings (SSSR count). The van der Waals surface area contributed by atoms with E-state index < -0.39 is 0 Å². The molecular formula is C16H30IN5O2. The minimum Gasteiger partial charge on any atom is -0.382 e. The summed E-state index contributed by atoms with van der Waals surface area (Å²) in [6.07, 6.45) is 7.86. The number of halogens is 1. The van der Waals surface area contributed by atoms with E-state index in [1.807, 2.05) is 25.8 Å². The van der Waals surface area contributed by atoms with Gasteiger partial charge >= 0.3 is 0 Å². The number of nitrogens with zero attached hydrogens (tertiary/aromatic N) is 4. The highest BCUT2D eigenvalue weighted by molar-refractivity contribution is 14.0. The number of hydrogen-bond donors (Lipinski definition) is 1. The number of guanidine groups is 1. The molecule has 8 heteroatoms. The highest BCUT2D eigenvalue weighted by Gasteiger charge is 2.24. The monoisotopic (exact) mass is 451 g/mol. The predicted molar refractivity (Wildman–Crippen MR) is 106 cm³/mol. The van der Waals surface area contributed by atoms with Crippen LogP contribution in [0.4, 0.5) is 0 Å². The van der Waals surface area contributed by atoms with Gasteiger partial charge in [-0.15, -0.1) is 24.0 Å². The Labute approximate surface area is 161 Å². The van der Waals surface area contributed by atoms with Crippen molar-refractivity contribution in [2.24, 2.45) is 10.9 Å². The number of aliphatic imine (C=N–C) groups is 1. The molecule has 0 spiro atoms. The molecule has 1 N–H and O–H groups in total. The summed E-state index contributed by atoms with van der Waals surface area (Å²) in [7, 11) is 3.55. The number of aromatic nitrogens is 2. The molecule has 1 aromatic rings. The second-order valence-corrected chi connectivity index (χ2v) is 5.80. The lowest BCUT2D eigenvalue weighted by molar-refractivity contribution is 0.0536. The second kappa shape index (κ2) is 12.5. The SMILES string of the molecule is CN=C(NCCCn1ccnc1)N1CCC(COCCOC)C1.I. The molecule has 1 fully saturated rings. The summed E-state index contributed by atoms with van der Waals surface area (Å²) in [6, 6.07) is 0. The van der Waals surface area contributed by atoms with Crippen molar-refractivity contribution in [3.63, 3.8) is 0 Å². The van der Waals surface area contributed by atoms with E-state index in [9.17, 15) is 0 Å². The van der Waals surface area contributed by atoms with Gasteiger partial charge in [-0.2, -0.15) is 0 Å². The van der Waals surface area contributed by atoms with Crippen molar-refractivity contribution in [3.05, 3.63) is 18.7 Å². The van der Waals surface area contributed by atoms with Crippen LogP contribution < -0.4 is 5.32 Å².